The topological polar surface area (TPSA) is 49.4 Å². The van der Waals surface area contributed by atoms with E-state index >= 15 is 0 Å². The van der Waals surface area contributed by atoms with Crippen molar-refractivity contribution < 1.29 is 9.59 Å². The lowest BCUT2D eigenvalue weighted by Crippen LogP contribution is -2.48. The zero-order chi connectivity index (χ0) is 21.9. The Labute approximate surface area is 189 Å². The maximum atomic E-state index is 13.1. The van der Waals surface area contributed by atoms with Crippen LogP contribution in [0.25, 0.3) is 0 Å². The van der Waals surface area contributed by atoms with Gasteiger partial charge in [-0.05, 0) is 37.5 Å². The number of carbonyl (C=O) groups is 2. The number of carbonyl (C=O) groups excluding carboxylic acids is 2. The van der Waals surface area contributed by atoms with Crippen LogP contribution in [0.2, 0.25) is 5.02 Å². The van der Waals surface area contributed by atoms with E-state index in [1.165, 1.54) is 11.1 Å². The summed E-state index contributed by atoms with van der Waals surface area (Å²) in [6.07, 6.45) is 1.93. The van der Waals surface area contributed by atoms with Gasteiger partial charge >= 0.3 is 0 Å². The molecule has 0 heterocycles. The molecule has 0 aromatic heterocycles. The van der Waals surface area contributed by atoms with Gasteiger partial charge in [0.1, 0.15) is 6.04 Å². The molecule has 1 atom stereocenters. The first-order valence-electron chi connectivity index (χ1n) is 10.4. The van der Waals surface area contributed by atoms with Gasteiger partial charge in [0, 0.05) is 23.9 Å². The molecule has 2 aromatic rings. The van der Waals surface area contributed by atoms with Crippen molar-refractivity contribution in [2.45, 2.75) is 52.0 Å². The molecule has 0 radical (unpaired) electrons. The van der Waals surface area contributed by atoms with Crippen LogP contribution in [-0.4, -0.2) is 35.1 Å². The third-order valence-electron chi connectivity index (χ3n) is 4.91. The predicted molar refractivity (Wildman–Crippen MR) is 127 cm³/mol. The first-order chi connectivity index (χ1) is 14.4. The number of rotatable bonds is 11. The van der Waals surface area contributed by atoms with E-state index in [1.807, 2.05) is 18.2 Å². The van der Waals surface area contributed by atoms with Crippen molar-refractivity contribution in [2.75, 3.05) is 12.3 Å². The normalized spacial score (nSPS) is 11.7. The molecule has 0 spiro atoms. The molecule has 0 aliphatic heterocycles. The number of amides is 2. The monoisotopic (exact) mass is 446 g/mol. The van der Waals surface area contributed by atoms with E-state index in [0.29, 0.717) is 23.9 Å². The smallest absolute Gasteiger partial charge is 0.242 e. The number of hydrogen-bond acceptors (Lipinski definition) is 3. The molecule has 30 heavy (non-hydrogen) atoms. The molecule has 2 rings (SSSR count). The lowest BCUT2D eigenvalue weighted by Gasteiger charge is -2.29. The summed E-state index contributed by atoms with van der Waals surface area (Å²) in [5.41, 5.74) is 3.24. The Morgan fingerprint density at radius 3 is 2.50 bits per heavy atom. The summed E-state index contributed by atoms with van der Waals surface area (Å²) in [7, 11) is 0. The summed E-state index contributed by atoms with van der Waals surface area (Å²) in [6, 6.07) is 15.2. The van der Waals surface area contributed by atoms with E-state index < -0.39 is 6.04 Å². The summed E-state index contributed by atoms with van der Waals surface area (Å²) in [6.45, 7) is 6.84. The first kappa shape index (κ1) is 24.3. The molecular weight excluding hydrogens is 416 g/mol. The van der Waals surface area contributed by atoms with Crippen molar-refractivity contribution in [1.82, 2.24) is 10.2 Å². The number of aryl methyl sites for hydroxylation is 1. The third kappa shape index (κ3) is 7.69. The average Bonchev–Trinajstić information content (AvgIpc) is 2.74. The van der Waals surface area contributed by atoms with Gasteiger partial charge in [-0.25, -0.2) is 0 Å². The number of nitrogens with zero attached hydrogens (tertiary/aromatic N) is 1. The van der Waals surface area contributed by atoms with Crippen molar-refractivity contribution in [1.29, 1.82) is 0 Å². The minimum Gasteiger partial charge on any atom is -0.354 e. The SMILES string of the molecule is CCCCNC(=O)[C@@H](C)N(Cc1ccccc1Cl)C(=O)CSCc1ccc(C)cc1. The van der Waals surface area contributed by atoms with E-state index in [9.17, 15) is 9.59 Å². The van der Waals surface area contributed by atoms with E-state index in [0.717, 1.165) is 24.2 Å². The van der Waals surface area contributed by atoms with Crippen molar-refractivity contribution in [2.24, 2.45) is 0 Å². The molecule has 0 fully saturated rings. The molecular formula is C24H31ClN2O2S. The van der Waals surface area contributed by atoms with Gasteiger partial charge in [-0.3, -0.25) is 9.59 Å². The van der Waals surface area contributed by atoms with E-state index in [1.54, 1.807) is 29.7 Å². The van der Waals surface area contributed by atoms with Gasteiger partial charge in [0.25, 0.3) is 0 Å². The fourth-order valence-corrected chi connectivity index (χ4v) is 4.02. The summed E-state index contributed by atoms with van der Waals surface area (Å²) in [4.78, 5) is 27.3. The van der Waals surface area contributed by atoms with E-state index in [4.69, 9.17) is 11.6 Å². The fourth-order valence-electron chi connectivity index (χ4n) is 2.95. The standard InChI is InChI=1S/C24H31ClN2O2S/c1-4-5-14-26-24(29)19(3)27(15-21-8-6-7-9-22(21)25)23(28)17-30-16-20-12-10-18(2)11-13-20/h6-13,19H,4-5,14-17H2,1-3H3,(H,26,29)/t19-/m1/s1. The van der Waals surface area contributed by atoms with Gasteiger partial charge in [0.05, 0.1) is 5.75 Å². The molecule has 4 nitrogen and oxygen atoms in total. The van der Waals surface area contributed by atoms with Crippen LogP contribution >= 0.6 is 23.4 Å². The van der Waals surface area contributed by atoms with Gasteiger partial charge in [-0.2, -0.15) is 0 Å². The molecule has 0 bridgehead atoms. The van der Waals surface area contributed by atoms with Gasteiger partial charge in [0.15, 0.2) is 0 Å². The Morgan fingerprint density at radius 2 is 1.83 bits per heavy atom. The van der Waals surface area contributed by atoms with Crippen molar-refractivity contribution in [3.8, 4) is 0 Å². The minimum absolute atomic E-state index is 0.0647. The predicted octanol–water partition coefficient (Wildman–Crippen LogP) is 5.22. The zero-order valence-corrected chi connectivity index (χ0v) is 19.6. The highest BCUT2D eigenvalue weighted by Crippen LogP contribution is 2.20. The molecule has 0 saturated carbocycles. The van der Waals surface area contributed by atoms with Crippen LogP contribution in [0.3, 0.4) is 0 Å². The summed E-state index contributed by atoms with van der Waals surface area (Å²) < 4.78 is 0. The molecule has 0 saturated heterocycles. The van der Waals surface area contributed by atoms with Crippen LogP contribution in [0.15, 0.2) is 48.5 Å². The molecule has 0 aliphatic carbocycles. The molecule has 0 unspecified atom stereocenters. The maximum Gasteiger partial charge on any atom is 0.242 e. The number of thioether (sulfide) groups is 1. The van der Waals surface area contributed by atoms with Crippen molar-refractivity contribution in [3.63, 3.8) is 0 Å². The molecule has 0 aliphatic rings. The molecule has 6 heteroatoms. The van der Waals surface area contributed by atoms with Gasteiger partial charge < -0.3 is 10.2 Å². The van der Waals surface area contributed by atoms with E-state index in [2.05, 4.69) is 43.4 Å². The van der Waals surface area contributed by atoms with Crippen LogP contribution in [-0.2, 0) is 21.9 Å². The Kier molecular flexibility index (Phi) is 10.2. The highest BCUT2D eigenvalue weighted by molar-refractivity contribution is 7.99. The third-order valence-corrected chi connectivity index (χ3v) is 6.27. The Balaban J connectivity index is 2.04. The largest absolute Gasteiger partial charge is 0.354 e. The lowest BCUT2D eigenvalue weighted by molar-refractivity contribution is -0.138. The van der Waals surface area contributed by atoms with Crippen LogP contribution < -0.4 is 5.32 Å². The number of nitrogens with one attached hydrogen (secondary N) is 1. The highest BCUT2D eigenvalue weighted by atomic mass is 35.5. The number of unbranched alkanes of at least 4 members (excludes halogenated alkanes) is 1. The fraction of sp³-hybridized carbons (Fsp3) is 0.417. The first-order valence-corrected chi connectivity index (χ1v) is 11.9. The Bertz CT molecular complexity index is 826. The Morgan fingerprint density at radius 1 is 1.13 bits per heavy atom. The van der Waals surface area contributed by atoms with Crippen LogP contribution in [0.5, 0.6) is 0 Å². The van der Waals surface area contributed by atoms with Gasteiger partial charge in [-0.15, -0.1) is 11.8 Å². The minimum atomic E-state index is -0.564. The second-order valence-corrected chi connectivity index (χ2v) is 8.80. The molecule has 162 valence electrons. The van der Waals surface area contributed by atoms with Gasteiger partial charge in [-0.1, -0.05) is 73.0 Å². The average molecular weight is 447 g/mol. The quantitative estimate of drug-likeness (QED) is 0.481. The zero-order valence-electron chi connectivity index (χ0n) is 18.0. The van der Waals surface area contributed by atoms with Gasteiger partial charge in [0.2, 0.25) is 11.8 Å². The lowest BCUT2D eigenvalue weighted by atomic mass is 10.1. The number of hydrogen-bond donors (Lipinski definition) is 1. The van der Waals surface area contributed by atoms with E-state index in [-0.39, 0.29) is 11.8 Å². The second kappa shape index (κ2) is 12.7. The Hall–Kier alpha value is -1.98. The summed E-state index contributed by atoms with van der Waals surface area (Å²) in [5.74, 6) is 0.867. The van der Waals surface area contributed by atoms with Crippen molar-refractivity contribution in [3.05, 3.63) is 70.2 Å². The summed E-state index contributed by atoms with van der Waals surface area (Å²) >= 11 is 7.87. The van der Waals surface area contributed by atoms with Crippen LogP contribution in [0.1, 0.15) is 43.4 Å². The summed E-state index contributed by atoms with van der Waals surface area (Å²) in [5, 5.41) is 3.53. The van der Waals surface area contributed by atoms with Crippen LogP contribution in [0, 0.1) is 6.92 Å². The number of benzene rings is 2. The van der Waals surface area contributed by atoms with Crippen molar-refractivity contribution >= 4 is 35.2 Å². The second-order valence-electron chi connectivity index (χ2n) is 7.41. The maximum absolute atomic E-state index is 13.1. The molecule has 1 N–H and O–H groups in total. The molecule has 2 aromatic carbocycles. The number of halogens is 1. The van der Waals surface area contributed by atoms with Crippen LogP contribution in [0.4, 0.5) is 0 Å². The highest BCUT2D eigenvalue weighted by Gasteiger charge is 2.26. The molecule has 2 amide bonds.